The number of fused-ring (bicyclic) bond motifs is 1. The average molecular weight is 288 g/mol. The van der Waals surface area contributed by atoms with Crippen LogP contribution in [0.1, 0.15) is 0 Å². The largest absolute Gasteiger partial charge is 0.316 e. The molecule has 0 saturated carbocycles. The van der Waals surface area contributed by atoms with E-state index in [4.69, 9.17) is 0 Å². The Morgan fingerprint density at radius 1 is 0.909 bits per heavy atom. The van der Waals surface area contributed by atoms with Crippen molar-refractivity contribution in [2.24, 2.45) is 0 Å². The van der Waals surface area contributed by atoms with Crippen molar-refractivity contribution in [1.29, 1.82) is 0 Å². The van der Waals surface area contributed by atoms with E-state index in [1.165, 1.54) is 12.1 Å². The van der Waals surface area contributed by atoms with Crippen molar-refractivity contribution in [1.82, 2.24) is 9.55 Å². The molecule has 2 nitrogen and oxygen atoms in total. The van der Waals surface area contributed by atoms with Crippen LogP contribution < -0.4 is 0 Å². The van der Waals surface area contributed by atoms with Crippen molar-refractivity contribution in [3.63, 3.8) is 0 Å². The molecule has 0 N–H and O–H groups in total. The number of halogens is 1. The highest BCUT2D eigenvalue weighted by molar-refractivity contribution is 5.96. The smallest absolute Gasteiger partial charge is 0.125 e. The van der Waals surface area contributed by atoms with Gasteiger partial charge >= 0.3 is 0 Å². The predicted molar refractivity (Wildman–Crippen MR) is 86.5 cm³/mol. The van der Waals surface area contributed by atoms with Gasteiger partial charge in [-0.25, -0.2) is 4.39 Å². The quantitative estimate of drug-likeness (QED) is 0.516. The molecule has 2 heterocycles. The Balaban J connectivity index is 1.94. The molecule has 0 aliphatic rings. The molecule has 4 aromatic rings. The third kappa shape index (κ3) is 2.07. The van der Waals surface area contributed by atoms with E-state index in [1.54, 1.807) is 12.3 Å². The number of benzene rings is 2. The van der Waals surface area contributed by atoms with Gasteiger partial charge in [0.1, 0.15) is 5.82 Å². The van der Waals surface area contributed by atoms with Gasteiger partial charge in [0, 0.05) is 35.2 Å². The van der Waals surface area contributed by atoms with Crippen LogP contribution >= 0.6 is 0 Å². The van der Waals surface area contributed by atoms with Crippen molar-refractivity contribution in [3.05, 3.63) is 85.1 Å². The molecule has 0 radical (unpaired) electrons. The summed E-state index contributed by atoms with van der Waals surface area (Å²) in [5, 5.41) is 1.12. The Hall–Kier alpha value is -2.94. The third-order valence-corrected chi connectivity index (χ3v) is 3.79. The van der Waals surface area contributed by atoms with Crippen molar-refractivity contribution in [2.75, 3.05) is 0 Å². The summed E-state index contributed by atoms with van der Waals surface area (Å²) < 4.78 is 15.5. The molecule has 0 bridgehead atoms. The highest BCUT2D eigenvalue weighted by Crippen LogP contribution is 2.30. The minimum absolute atomic E-state index is 0.234. The molecule has 0 aliphatic carbocycles. The van der Waals surface area contributed by atoms with Crippen molar-refractivity contribution < 1.29 is 4.39 Å². The van der Waals surface area contributed by atoms with Crippen molar-refractivity contribution in [3.8, 4) is 16.8 Å². The van der Waals surface area contributed by atoms with E-state index in [0.717, 1.165) is 27.7 Å². The molecule has 2 aromatic carbocycles. The lowest BCUT2D eigenvalue weighted by molar-refractivity contribution is 0.627. The second kappa shape index (κ2) is 5.11. The van der Waals surface area contributed by atoms with Crippen molar-refractivity contribution >= 4 is 10.9 Å². The molecule has 0 spiro atoms. The molecular weight excluding hydrogens is 275 g/mol. The Morgan fingerprint density at radius 2 is 1.82 bits per heavy atom. The lowest BCUT2D eigenvalue weighted by Gasteiger charge is -2.07. The maximum atomic E-state index is 13.5. The summed E-state index contributed by atoms with van der Waals surface area (Å²) in [6.07, 6.45) is 5.59. The first-order chi connectivity index (χ1) is 10.8. The fourth-order valence-electron chi connectivity index (χ4n) is 2.79. The summed E-state index contributed by atoms with van der Waals surface area (Å²) in [6.45, 7) is 0. The Morgan fingerprint density at radius 3 is 2.64 bits per heavy atom. The first-order valence-corrected chi connectivity index (χ1v) is 7.09. The number of rotatable bonds is 2. The Labute approximate surface area is 127 Å². The lowest BCUT2D eigenvalue weighted by atomic mass is 10.0. The minimum atomic E-state index is -0.234. The normalized spacial score (nSPS) is 11.0. The van der Waals surface area contributed by atoms with Crippen LogP contribution in [0, 0.1) is 5.82 Å². The molecule has 4 rings (SSSR count). The zero-order valence-corrected chi connectivity index (χ0v) is 11.8. The van der Waals surface area contributed by atoms with E-state index in [9.17, 15) is 4.39 Å². The standard InChI is InChI=1S/C19H13FN2/c20-15-5-1-6-16(12-15)22-11-9-18-17(7-2-8-19(18)22)14-4-3-10-21-13-14/h1-13H. The van der Waals surface area contributed by atoms with E-state index >= 15 is 0 Å². The molecule has 0 unspecified atom stereocenters. The van der Waals surface area contributed by atoms with Gasteiger partial charge in [-0.05, 0) is 42.0 Å². The molecule has 106 valence electrons. The maximum absolute atomic E-state index is 13.5. The minimum Gasteiger partial charge on any atom is -0.316 e. The average Bonchev–Trinajstić information content (AvgIpc) is 3.00. The fourth-order valence-corrected chi connectivity index (χ4v) is 2.79. The Kier molecular flexibility index (Phi) is 2.97. The number of pyridine rings is 1. The van der Waals surface area contributed by atoms with Gasteiger partial charge in [0.2, 0.25) is 0 Å². The first kappa shape index (κ1) is 12.8. The molecule has 0 atom stereocenters. The molecule has 0 aliphatic heterocycles. The van der Waals surface area contributed by atoms with Gasteiger partial charge in [-0.15, -0.1) is 0 Å². The fraction of sp³-hybridized carbons (Fsp3) is 0. The van der Waals surface area contributed by atoms with Crippen LogP contribution in [0.15, 0.2) is 79.3 Å². The lowest BCUT2D eigenvalue weighted by Crippen LogP contribution is -1.92. The van der Waals surface area contributed by atoms with Gasteiger partial charge in [-0.3, -0.25) is 4.98 Å². The van der Waals surface area contributed by atoms with Crippen LogP contribution in [0.3, 0.4) is 0 Å². The Bertz CT molecular complexity index is 942. The number of nitrogens with zero attached hydrogens (tertiary/aromatic N) is 2. The van der Waals surface area contributed by atoms with Gasteiger partial charge < -0.3 is 4.57 Å². The number of aromatic nitrogens is 2. The second-order valence-corrected chi connectivity index (χ2v) is 5.15. The van der Waals surface area contributed by atoms with Gasteiger partial charge in [-0.1, -0.05) is 24.3 Å². The summed E-state index contributed by atoms with van der Waals surface area (Å²) in [7, 11) is 0. The zero-order chi connectivity index (χ0) is 14.9. The summed E-state index contributed by atoms with van der Waals surface area (Å²) in [5.41, 5.74) is 4.07. The third-order valence-electron chi connectivity index (χ3n) is 3.79. The van der Waals surface area contributed by atoms with Crippen LogP contribution in [-0.2, 0) is 0 Å². The topological polar surface area (TPSA) is 17.8 Å². The molecule has 2 aromatic heterocycles. The highest BCUT2D eigenvalue weighted by Gasteiger charge is 2.08. The second-order valence-electron chi connectivity index (χ2n) is 5.15. The maximum Gasteiger partial charge on any atom is 0.125 e. The molecular formula is C19H13FN2. The molecule has 0 saturated heterocycles. The van der Waals surface area contributed by atoms with E-state index in [1.807, 2.05) is 47.3 Å². The molecule has 3 heteroatoms. The monoisotopic (exact) mass is 288 g/mol. The predicted octanol–water partition coefficient (Wildman–Crippen LogP) is 4.83. The number of hydrogen-bond donors (Lipinski definition) is 0. The van der Waals surface area contributed by atoms with E-state index in [2.05, 4.69) is 17.1 Å². The molecule has 0 fully saturated rings. The summed E-state index contributed by atoms with van der Waals surface area (Å²) >= 11 is 0. The van der Waals surface area contributed by atoms with Gasteiger partial charge in [0.25, 0.3) is 0 Å². The van der Waals surface area contributed by atoms with E-state index in [-0.39, 0.29) is 5.82 Å². The summed E-state index contributed by atoms with van der Waals surface area (Å²) in [6, 6.07) is 18.8. The van der Waals surface area contributed by atoms with E-state index in [0.29, 0.717) is 0 Å². The summed E-state index contributed by atoms with van der Waals surface area (Å²) in [5.74, 6) is -0.234. The number of hydrogen-bond acceptors (Lipinski definition) is 1. The van der Waals surface area contributed by atoms with Crippen LogP contribution in [0.25, 0.3) is 27.7 Å². The zero-order valence-electron chi connectivity index (χ0n) is 11.8. The van der Waals surface area contributed by atoms with Crippen LogP contribution in [0.4, 0.5) is 4.39 Å². The van der Waals surface area contributed by atoms with Crippen LogP contribution in [0.5, 0.6) is 0 Å². The van der Waals surface area contributed by atoms with Gasteiger partial charge in [0.15, 0.2) is 0 Å². The molecule has 22 heavy (non-hydrogen) atoms. The van der Waals surface area contributed by atoms with Crippen LogP contribution in [-0.4, -0.2) is 9.55 Å². The van der Waals surface area contributed by atoms with Crippen LogP contribution in [0.2, 0.25) is 0 Å². The summed E-state index contributed by atoms with van der Waals surface area (Å²) in [4.78, 5) is 4.19. The molecule has 0 amide bonds. The highest BCUT2D eigenvalue weighted by atomic mass is 19.1. The van der Waals surface area contributed by atoms with Gasteiger partial charge in [-0.2, -0.15) is 0 Å². The van der Waals surface area contributed by atoms with Gasteiger partial charge in [0.05, 0.1) is 5.52 Å². The van der Waals surface area contributed by atoms with E-state index < -0.39 is 0 Å². The SMILES string of the molecule is Fc1cccc(-n2ccc3c(-c4cccnc4)cccc32)c1. The first-order valence-electron chi connectivity index (χ1n) is 7.09. The van der Waals surface area contributed by atoms with Crippen molar-refractivity contribution in [2.45, 2.75) is 0 Å².